The van der Waals surface area contributed by atoms with Gasteiger partial charge in [-0.1, -0.05) is 12.1 Å². The van der Waals surface area contributed by atoms with Gasteiger partial charge in [0.1, 0.15) is 17.9 Å². The molecule has 2 aromatic carbocycles. The average Bonchev–Trinajstić information content (AvgIpc) is 3.18. The van der Waals surface area contributed by atoms with E-state index in [4.69, 9.17) is 33.2 Å². The highest BCUT2D eigenvalue weighted by molar-refractivity contribution is 7.96. The van der Waals surface area contributed by atoms with E-state index in [1.54, 1.807) is 23.5 Å². The van der Waals surface area contributed by atoms with E-state index in [0.29, 0.717) is 40.2 Å². The fourth-order valence-corrected chi connectivity index (χ4v) is 5.24. The number of benzene rings is 2. The number of imidazole rings is 1. The van der Waals surface area contributed by atoms with Crippen molar-refractivity contribution in [2.75, 3.05) is 23.6 Å². The normalized spacial score (nSPS) is 13.4. The second kappa shape index (κ2) is 13.1. The summed E-state index contributed by atoms with van der Waals surface area (Å²) in [6, 6.07) is 9.02. The summed E-state index contributed by atoms with van der Waals surface area (Å²) in [5, 5.41) is 3.99. The fourth-order valence-electron chi connectivity index (χ4n) is 3.57. The van der Waals surface area contributed by atoms with E-state index >= 15 is 0 Å². The molecule has 16 heteroatoms. The molecular formula is C19H31N11O2S3. The largest absolute Gasteiger partial charge is 0.593 e. The number of anilines is 2. The summed E-state index contributed by atoms with van der Waals surface area (Å²) in [5.74, 6) is 11.1. The number of aromatic amines is 1. The molecule has 0 radical (unpaired) electrons. The highest BCUT2D eigenvalue weighted by atomic mass is 32.2. The minimum atomic E-state index is -1.63. The van der Waals surface area contributed by atoms with Crippen LogP contribution in [0.25, 0.3) is 22.2 Å². The Kier molecular flexibility index (Phi) is 10.7. The number of nitrogens with one attached hydrogen (secondary N) is 3. The maximum absolute atomic E-state index is 13.4. The van der Waals surface area contributed by atoms with E-state index in [0.717, 1.165) is 23.3 Å². The lowest BCUT2D eigenvalue weighted by molar-refractivity contribution is 0.397. The second-order valence-electron chi connectivity index (χ2n) is 7.32. The van der Waals surface area contributed by atoms with Crippen LogP contribution in [0.15, 0.2) is 40.3 Å². The van der Waals surface area contributed by atoms with Crippen LogP contribution in [-0.4, -0.2) is 40.0 Å². The van der Waals surface area contributed by atoms with E-state index in [9.17, 15) is 4.55 Å². The number of fused-ring (bicyclic) bond motifs is 1. The number of amidine groups is 1. The number of rotatable bonds is 11. The molecule has 13 nitrogen and oxygen atoms in total. The highest BCUT2D eigenvalue weighted by Gasteiger charge is 2.30. The van der Waals surface area contributed by atoms with Crippen molar-refractivity contribution in [2.45, 2.75) is 24.3 Å². The maximum atomic E-state index is 13.4. The van der Waals surface area contributed by atoms with Crippen LogP contribution < -0.4 is 43.5 Å². The Hall–Kier alpha value is -2.41. The number of aromatic nitrogens is 2. The zero-order chi connectivity index (χ0) is 24.8. The summed E-state index contributed by atoms with van der Waals surface area (Å²) in [5.41, 5.74) is 23.8. The van der Waals surface area contributed by atoms with Gasteiger partial charge in [0.15, 0.2) is 16.7 Å². The quantitative estimate of drug-likeness (QED) is 0.0310. The number of H-pyrrole nitrogens is 1. The summed E-state index contributed by atoms with van der Waals surface area (Å²) in [6.45, 7) is 2.36. The number of nitrogen functional groups attached to an aromatic ring is 1. The Labute approximate surface area is 217 Å². The van der Waals surface area contributed by atoms with Crippen molar-refractivity contribution in [1.29, 1.82) is 0 Å². The van der Waals surface area contributed by atoms with Crippen LogP contribution in [0.4, 0.5) is 11.6 Å². The first kappa shape index (κ1) is 28.8. The Bertz CT molecular complexity index is 1160. The SMILES string of the molecule is CC(CCN)N[S+]([O-])c1ccc(-c2cccc3[nH]c(N)nc23)c(/C(N)=N/NN)c1N(C)SON.S. The minimum Gasteiger partial charge on any atom is -0.593 e. The molecule has 1 aromatic heterocycles. The topological polar surface area (TPSA) is 231 Å². The number of hydrogen-bond acceptors (Lipinski definition) is 12. The third-order valence-electron chi connectivity index (χ3n) is 4.98. The Balaban J connectivity index is 0.00000432. The molecule has 192 valence electrons. The Morgan fingerprint density at radius 3 is 2.74 bits per heavy atom. The van der Waals surface area contributed by atoms with Crippen LogP contribution in [0.1, 0.15) is 18.9 Å². The summed E-state index contributed by atoms with van der Waals surface area (Å²) in [4.78, 5) is 7.86. The van der Waals surface area contributed by atoms with Gasteiger partial charge in [-0.2, -0.15) is 13.5 Å². The molecule has 0 saturated heterocycles. The number of hydrogen-bond donors (Lipinski definition) is 8. The lowest BCUT2D eigenvalue weighted by Gasteiger charge is -2.25. The van der Waals surface area contributed by atoms with E-state index < -0.39 is 11.4 Å². The molecule has 35 heavy (non-hydrogen) atoms. The van der Waals surface area contributed by atoms with Crippen LogP contribution >= 0.6 is 25.7 Å². The molecule has 0 bridgehead atoms. The van der Waals surface area contributed by atoms with Gasteiger partial charge in [-0.15, -0.1) is 9.82 Å². The molecule has 0 fully saturated rings. The van der Waals surface area contributed by atoms with Crippen LogP contribution in [-0.2, 0) is 15.6 Å². The first-order valence-electron chi connectivity index (χ1n) is 10.2. The number of hydrazine groups is 1. The minimum absolute atomic E-state index is 0. The molecule has 0 amide bonds. The van der Waals surface area contributed by atoms with Crippen LogP contribution in [0, 0.1) is 0 Å². The Morgan fingerprint density at radius 1 is 1.34 bits per heavy atom. The standard InChI is InChI=1S/C19H29N11O2S2.H2S/c1-10(8-9-20)28-34(31)14-7-6-11(12-4-3-5-13-16(12)26-19(22)25-13)15(18(21)27-29-23)17(14)30(2)33-32-24;/h3-7,10,28-29H,8-9,20,23-24H2,1-2H3,(H2,21,27)(H3,22,25,26);1H2. The number of para-hydroxylation sites is 1. The molecule has 3 aromatic rings. The number of nitrogens with two attached hydrogens (primary N) is 5. The molecule has 2 unspecified atom stereocenters. The fraction of sp³-hybridized carbons (Fsp3) is 0.263. The van der Waals surface area contributed by atoms with Crippen molar-refractivity contribution >= 4 is 65.6 Å². The molecule has 0 aliphatic heterocycles. The summed E-state index contributed by atoms with van der Waals surface area (Å²) in [7, 11) is 1.69. The van der Waals surface area contributed by atoms with Gasteiger partial charge in [0.2, 0.25) is 0 Å². The van der Waals surface area contributed by atoms with Crippen molar-refractivity contribution in [2.24, 2.45) is 28.3 Å². The van der Waals surface area contributed by atoms with Gasteiger partial charge in [-0.05, 0) is 43.7 Å². The van der Waals surface area contributed by atoms with Gasteiger partial charge in [0.25, 0.3) is 0 Å². The Morgan fingerprint density at radius 2 is 2.09 bits per heavy atom. The predicted molar refractivity (Wildman–Crippen MR) is 148 cm³/mol. The average molecular weight is 542 g/mol. The highest BCUT2D eigenvalue weighted by Crippen LogP contribution is 2.40. The van der Waals surface area contributed by atoms with Gasteiger partial charge in [0, 0.05) is 12.6 Å². The molecule has 2 atom stereocenters. The van der Waals surface area contributed by atoms with E-state index in [2.05, 4.69) is 25.3 Å². The molecule has 0 aliphatic carbocycles. The molecule has 0 aliphatic rings. The van der Waals surface area contributed by atoms with Crippen LogP contribution in [0.5, 0.6) is 0 Å². The number of nitrogens with zero attached hydrogens (tertiary/aromatic N) is 3. The third kappa shape index (κ3) is 6.43. The lowest BCUT2D eigenvalue weighted by Crippen LogP contribution is -2.35. The lowest BCUT2D eigenvalue weighted by atomic mass is 9.96. The monoisotopic (exact) mass is 541 g/mol. The summed E-state index contributed by atoms with van der Waals surface area (Å²) >= 11 is -0.799. The van der Waals surface area contributed by atoms with E-state index in [-0.39, 0.29) is 31.3 Å². The first-order chi connectivity index (χ1) is 16.3. The molecule has 3 rings (SSSR count). The molecule has 0 saturated carbocycles. The zero-order valence-corrected chi connectivity index (χ0v) is 21.9. The summed E-state index contributed by atoms with van der Waals surface area (Å²) in [6.07, 6.45) is 0.645. The molecular weight excluding hydrogens is 510 g/mol. The van der Waals surface area contributed by atoms with Gasteiger partial charge in [-0.3, -0.25) is 4.31 Å². The van der Waals surface area contributed by atoms with Crippen molar-refractivity contribution in [3.63, 3.8) is 0 Å². The first-order valence-corrected chi connectivity index (χ1v) is 12.0. The van der Waals surface area contributed by atoms with Crippen molar-refractivity contribution < 1.29 is 8.84 Å². The summed E-state index contributed by atoms with van der Waals surface area (Å²) < 4.78 is 22.8. The third-order valence-corrected chi connectivity index (χ3v) is 6.82. The van der Waals surface area contributed by atoms with Crippen molar-refractivity contribution in [1.82, 2.24) is 20.2 Å². The molecule has 13 N–H and O–H groups in total. The van der Waals surface area contributed by atoms with Crippen LogP contribution in [0.3, 0.4) is 0 Å². The van der Waals surface area contributed by atoms with Gasteiger partial charge < -0.3 is 26.7 Å². The van der Waals surface area contributed by atoms with Gasteiger partial charge >= 0.3 is 0 Å². The zero-order valence-electron chi connectivity index (χ0n) is 19.2. The molecule has 0 spiro atoms. The second-order valence-corrected chi connectivity index (χ2v) is 9.42. The maximum Gasteiger partial charge on any atom is 0.198 e. The van der Waals surface area contributed by atoms with Crippen molar-refractivity contribution in [3.8, 4) is 11.1 Å². The van der Waals surface area contributed by atoms with E-state index in [1.807, 2.05) is 25.1 Å². The van der Waals surface area contributed by atoms with E-state index in [1.165, 1.54) is 0 Å². The van der Waals surface area contributed by atoms with Crippen LogP contribution in [0.2, 0.25) is 0 Å². The van der Waals surface area contributed by atoms with Gasteiger partial charge in [-0.25, -0.2) is 26.5 Å². The van der Waals surface area contributed by atoms with Crippen molar-refractivity contribution in [3.05, 3.63) is 35.9 Å². The number of hydrazone groups is 1. The predicted octanol–water partition coefficient (Wildman–Crippen LogP) is 0.248. The molecule has 1 heterocycles. The smallest absolute Gasteiger partial charge is 0.198 e. The van der Waals surface area contributed by atoms with Gasteiger partial charge in [0.05, 0.1) is 34.0 Å².